The van der Waals surface area contributed by atoms with E-state index in [-0.39, 0.29) is 41.9 Å². The van der Waals surface area contributed by atoms with Crippen LogP contribution in [0.25, 0.3) is 11.2 Å². The summed E-state index contributed by atoms with van der Waals surface area (Å²) in [6.45, 7) is 4.74. The van der Waals surface area contributed by atoms with Crippen LogP contribution in [-0.2, 0) is 24.4 Å². The molecule has 3 aromatic heterocycles. The number of hydrogen-bond acceptors (Lipinski definition) is 10. The summed E-state index contributed by atoms with van der Waals surface area (Å²) in [5.41, 5.74) is 1.42. The maximum Gasteiger partial charge on any atom is 0.354 e. The molecule has 5 heterocycles. The molecule has 0 saturated carbocycles. The van der Waals surface area contributed by atoms with Crippen LogP contribution < -0.4 is 9.47 Å². The van der Waals surface area contributed by atoms with Crippen molar-refractivity contribution in [3.8, 4) is 17.7 Å². The van der Waals surface area contributed by atoms with Crippen LogP contribution in [-0.4, -0.2) is 71.9 Å². The van der Waals surface area contributed by atoms with E-state index in [0.29, 0.717) is 36.0 Å². The summed E-state index contributed by atoms with van der Waals surface area (Å²) in [6.07, 6.45) is 4.06. The van der Waals surface area contributed by atoms with Crippen LogP contribution in [0.2, 0.25) is 0 Å². The second-order valence-corrected chi connectivity index (χ2v) is 10.7. The molecule has 2 aliphatic heterocycles. The zero-order valence-electron chi connectivity index (χ0n) is 23.5. The fourth-order valence-corrected chi connectivity index (χ4v) is 5.33. The van der Waals surface area contributed by atoms with Crippen molar-refractivity contribution in [2.75, 3.05) is 13.2 Å². The third-order valence-corrected chi connectivity index (χ3v) is 7.77. The van der Waals surface area contributed by atoms with Gasteiger partial charge in [-0.05, 0) is 56.5 Å². The summed E-state index contributed by atoms with van der Waals surface area (Å²) in [4.78, 5) is 31.7. The Morgan fingerprint density at radius 2 is 2.07 bits per heavy atom. The maximum atomic E-state index is 14.1. The Morgan fingerprint density at radius 3 is 2.79 bits per heavy atom. The van der Waals surface area contributed by atoms with Crippen molar-refractivity contribution >= 4 is 17.1 Å². The third kappa shape index (κ3) is 6.40. The minimum Gasteiger partial charge on any atom is -0.483 e. The first-order chi connectivity index (χ1) is 20.9. The number of halogens is 1. The van der Waals surface area contributed by atoms with Gasteiger partial charge in [-0.3, -0.25) is 4.90 Å². The van der Waals surface area contributed by atoms with Crippen LogP contribution >= 0.6 is 0 Å². The summed E-state index contributed by atoms with van der Waals surface area (Å²) in [5, 5.41) is 18.4. The van der Waals surface area contributed by atoms with Gasteiger partial charge in [0, 0.05) is 31.5 Å². The zero-order chi connectivity index (χ0) is 29.9. The number of aromatic nitrogens is 5. The standard InChI is InChI=1S/C30H30FN7O5/c1-18-12-20(43-28-6-9-33-26(36-28)17-42-25-5-2-19(14-32)13-22(25)31)7-10-37(18)16-27-34-23-3-4-24(30(39)40)35-29(23)38(27)15-21-8-11-41-21/h2-6,9,13,18,20-21H,7-8,10-12,15-17H2,1H3,(H,39,40)/t18-,20-,21-/m0/s1. The second kappa shape index (κ2) is 12.3. The van der Waals surface area contributed by atoms with Gasteiger partial charge in [0.1, 0.15) is 24.1 Å². The number of fused-ring (bicyclic) bond motifs is 1. The van der Waals surface area contributed by atoms with Crippen LogP contribution in [0, 0.1) is 17.1 Å². The molecule has 222 valence electrons. The molecule has 4 aromatic rings. The second-order valence-electron chi connectivity index (χ2n) is 10.7. The molecule has 6 rings (SSSR count). The number of hydrogen-bond donors (Lipinski definition) is 1. The lowest BCUT2D eigenvalue weighted by Crippen LogP contribution is -2.44. The topological polar surface area (TPSA) is 149 Å². The first kappa shape index (κ1) is 28.4. The number of pyridine rings is 1. The van der Waals surface area contributed by atoms with E-state index in [1.165, 1.54) is 18.2 Å². The van der Waals surface area contributed by atoms with Crippen molar-refractivity contribution in [1.29, 1.82) is 5.26 Å². The van der Waals surface area contributed by atoms with E-state index in [9.17, 15) is 14.3 Å². The number of likely N-dealkylation sites (tertiary alicyclic amines) is 1. The van der Waals surface area contributed by atoms with E-state index < -0.39 is 11.8 Å². The number of carboxylic acids is 1. The van der Waals surface area contributed by atoms with E-state index in [2.05, 4.69) is 26.8 Å². The third-order valence-electron chi connectivity index (χ3n) is 7.77. The molecule has 0 aliphatic carbocycles. The minimum absolute atomic E-state index is 0.0121. The Kier molecular flexibility index (Phi) is 8.13. The average Bonchev–Trinajstić information content (AvgIpc) is 3.31. The molecule has 2 saturated heterocycles. The van der Waals surface area contributed by atoms with Gasteiger partial charge in [0.2, 0.25) is 5.88 Å². The Hall–Kier alpha value is -4.67. The van der Waals surface area contributed by atoms with Crippen molar-refractivity contribution in [3.63, 3.8) is 0 Å². The van der Waals surface area contributed by atoms with E-state index in [0.717, 1.165) is 44.3 Å². The lowest BCUT2D eigenvalue weighted by Gasteiger charge is -2.37. The van der Waals surface area contributed by atoms with E-state index in [1.54, 1.807) is 18.3 Å². The SMILES string of the molecule is C[C@H]1C[C@@H](Oc2ccnc(COc3ccc(C#N)cc3F)n2)CCN1Cc1nc2ccc(C(=O)O)nc2n1C[C@@H]1CCO1. The Morgan fingerprint density at radius 1 is 1.21 bits per heavy atom. The van der Waals surface area contributed by atoms with Gasteiger partial charge in [0.05, 0.1) is 30.8 Å². The largest absolute Gasteiger partial charge is 0.483 e. The lowest BCUT2D eigenvalue weighted by atomic mass is 10.0. The van der Waals surface area contributed by atoms with Crippen molar-refractivity contribution in [1.82, 2.24) is 29.4 Å². The van der Waals surface area contributed by atoms with Gasteiger partial charge in [-0.1, -0.05) is 0 Å². The summed E-state index contributed by atoms with van der Waals surface area (Å²) in [6, 6.07) is 10.9. The van der Waals surface area contributed by atoms with Gasteiger partial charge >= 0.3 is 5.97 Å². The van der Waals surface area contributed by atoms with E-state index in [4.69, 9.17) is 24.5 Å². The predicted molar refractivity (Wildman–Crippen MR) is 150 cm³/mol. The first-order valence-corrected chi connectivity index (χ1v) is 14.1. The number of ether oxygens (including phenoxy) is 3. The number of aromatic carboxylic acids is 1. The van der Waals surface area contributed by atoms with Gasteiger partial charge in [0.15, 0.2) is 28.7 Å². The van der Waals surface area contributed by atoms with Crippen LogP contribution in [0.1, 0.15) is 53.9 Å². The monoisotopic (exact) mass is 587 g/mol. The van der Waals surface area contributed by atoms with Gasteiger partial charge < -0.3 is 23.9 Å². The summed E-state index contributed by atoms with van der Waals surface area (Å²) in [7, 11) is 0. The Labute approximate surface area is 246 Å². The number of imidazole rings is 1. The molecule has 1 N–H and O–H groups in total. The molecule has 3 atom stereocenters. The highest BCUT2D eigenvalue weighted by atomic mass is 19.1. The number of piperidine rings is 1. The zero-order valence-corrected chi connectivity index (χ0v) is 23.5. The molecule has 1 aromatic carbocycles. The number of rotatable bonds is 10. The molecule has 2 fully saturated rings. The quantitative estimate of drug-likeness (QED) is 0.289. The summed E-state index contributed by atoms with van der Waals surface area (Å²) < 4.78 is 33.5. The first-order valence-electron chi connectivity index (χ1n) is 14.1. The average molecular weight is 588 g/mol. The minimum atomic E-state index is -1.07. The number of benzene rings is 1. The highest BCUT2D eigenvalue weighted by Crippen LogP contribution is 2.26. The van der Waals surface area contributed by atoms with Gasteiger partial charge in [-0.25, -0.2) is 24.1 Å². The molecule has 0 spiro atoms. The van der Waals surface area contributed by atoms with Crippen LogP contribution in [0.4, 0.5) is 4.39 Å². The van der Waals surface area contributed by atoms with Crippen molar-refractivity contribution in [3.05, 3.63) is 71.3 Å². The molecule has 0 radical (unpaired) electrons. The van der Waals surface area contributed by atoms with E-state index in [1.807, 2.05) is 10.6 Å². The Balaban J connectivity index is 1.09. The number of nitriles is 1. The van der Waals surface area contributed by atoms with E-state index >= 15 is 0 Å². The lowest BCUT2D eigenvalue weighted by molar-refractivity contribution is -0.0594. The highest BCUT2D eigenvalue weighted by Gasteiger charge is 2.30. The molecule has 0 amide bonds. The molecule has 0 unspecified atom stereocenters. The molecule has 43 heavy (non-hydrogen) atoms. The Bertz CT molecular complexity index is 1690. The molecule has 12 nitrogen and oxygen atoms in total. The molecule has 13 heteroatoms. The molecule has 0 bridgehead atoms. The van der Waals surface area contributed by atoms with Crippen LogP contribution in [0.5, 0.6) is 11.6 Å². The number of carboxylic acid groups (broad SMARTS) is 1. The number of nitrogens with zero attached hydrogens (tertiary/aromatic N) is 7. The highest BCUT2D eigenvalue weighted by molar-refractivity contribution is 5.88. The number of carbonyl (C=O) groups is 1. The fourth-order valence-electron chi connectivity index (χ4n) is 5.33. The van der Waals surface area contributed by atoms with Crippen LogP contribution in [0.15, 0.2) is 42.6 Å². The van der Waals surface area contributed by atoms with Gasteiger partial charge in [-0.15, -0.1) is 0 Å². The fraction of sp³-hybridized carbons (Fsp3) is 0.400. The van der Waals surface area contributed by atoms with Crippen molar-refractivity contribution in [2.45, 2.75) is 64.1 Å². The van der Waals surface area contributed by atoms with Crippen molar-refractivity contribution in [2.24, 2.45) is 0 Å². The smallest absolute Gasteiger partial charge is 0.354 e. The normalized spacial score (nSPS) is 20.3. The summed E-state index contributed by atoms with van der Waals surface area (Å²) >= 11 is 0. The molecular weight excluding hydrogens is 557 g/mol. The molecule has 2 aliphatic rings. The van der Waals surface area contributed by atoms with Gasteiger partial charge in [-0.2, -0.15) is 10.2 Å². The van der Waals surface area contributed by atoms with Crippen molar-refractivity contribution < 1.29 is 28.5 Å². The van der Waals surface area contributed by atoms with Crippen LogP contribution in [0.3, 0.4) is 0 Å². The maximum absolute atomic E-state index is 14.1. The molecular formula is C30H30FN7O5. The van der Waals surface area contributed by atoms with Gasteiger partial charge in [0.25, 0.3) is 0 Å². The predicted octanol–water partition coefficient (Wildman–Crippen LogP) is 3.73. The summed E-state index contributed by atoms with van der Waals surface area (Å²) in [5.74, 6) is -0.0912.